The summed E-state index contributed by atoms with van der Waals surface area (Å²) in [6, 6.07) is 0.157. The molecule has 0 saturated carbocycles. The fourth-order valence-electron chi connectivity index (χ4n) is 1.91. The average Bonchev–Trinajstić information content (AvgIpc) is 2.16. The molecular formula is C11H20N2O3. The predicted octanol–water partition coefficient (Wildman–Crippen LogP) is 0.308. The molecule has 0 atom stereocenters. The van der Waals surface area contributed by atoms with Gasteiger partial charge in [-0.05, 0) is 39.8 Å². The van der Waals surface area contributed by atoms with Crippen LogP contribution in [0.3, 0.4) is 0 Å². The van der Waals surface area contributed by atoms with Gasteiger partial charge in [-0.25, -0.2) is 0 Å². The fourth-order valence-corrected chi connectivity index (χ4v) is 1.91. The van der Waals surface area contributed by atoms with Crippen LogP contribution in [-0.4, -0.2) is 47.6 Å². The lowest BCUT2D eigenvalue weighted by molar-refractivity contribution is -0.143. The van der Waals surface area contributed by atoms with E-state index in [2.05, 4.69) is 5.32 Å². The SMILES string of the molecule is CC(C)NC(=O)CN1CCC(C(=O)O)CC1. The summed E-state index contributed by atoms with van der Waals surface area (Å²) in [5.74, 6) is -0.931. The Morgan fingerprint density at radius 3 is 2.38 bits per heavy atom. The van der Waals surface area contributed by atoms with Gasteiger partial charge in [-0.3, -0.25) is 14.5 Å². The minimum atomic E-state index is -0.716. The molecule has 1 aliphatic heterocycles. The van der Waals surface area contributed by atoms with Crippen LogP contribution < -0.4 is 5.32 Å². The number of hydrogen-bond acceptors (Lipinski definition) is 3. The van der Waals surface area contributed by atoms with E-state index in [1.54, 1.807) is 0 Å². The lowest BCUT2D eigenvalue weighted by Crippen LogP contribution is -2.44. The Balaban J connectivity index is 2.26. The highest BCUT2D eigenvalue weighted by atomic mass is 16.4. The average molecular weight is 228 g/mol. The van der Waals surface area contributed by atoms with Gasteiger partial charge in [-0.2, -0.15) is 0 Å². The first-order chi connectivity index (χ1) is 7.49. The van der Waals surface area contributed by atoms with Crippen LogP contribution in [0.25, 0.3) is 0 Å². The molecule has 2 N–H and O–H groups in total. The third-order valence-corrected chi connectivity index (χ3v) is 2.75. The van der Waals surface area contributed by atoms with Crippen molar-refractivity contribution in [2.75, 3.05) is 19.6 Å². The number of carboxylic acid groups (broad SMARTS) is 1. The Hall–Kier alpha value is -1.10. The van der Waals surface area contributed by atoms with Crippen LogP contribution in [0.1, 0.15) is 26.7 Å². The van der Waals surface area contributed by atoms with Gasteiger partial charge >= 0.3 is 5.97 Å². The number of amides is 1. The van der Waals surface area contributed by atoms with Crippen molar-refractivity contribution in [3.63, 3.8) is 0 Å². The molecule has 0 bridgehead atoms. The quantitative estimate of drug-likeness (QED) is 0.726. The standard InChI is InChI=1S/C11H20N2O3/c1-8(2)12-10(14)7-13-5-3-9(4-6-13)11(15)16/h8-9H,3-7H2,1-2H3,(H,12,14)(H,15,16). The van der Waals surface area contributed by atoms with Crippen LogP contribution in [0.15, 0.2) is 0 Å². The molecule has 0 aromatic heterocycles. The molecule has 0 aromatic carbocycles. The van der Waals surface area contributed by atoms with Gasteiger partial charge in [0.1, 0.15) is 0 Å². The number of rotatable bonds is 4. The number of piperidine rings is 1. The number of nitrogens with one attached hydrogen (secondary N) is 1. The predicted molar refractivity (Wildman–Crippen MR) is 60.1 cm³/mol. The van der Waals surface area contributed by atoms with E-state index >= 15 is 0 Å². The van der Waals surface area contributed by atoms with E-state index in [4.69, 9.17) is 5.11 Å². The van der Waals surface area contributed by atoms with Crippen molar-refractivity contribution in [2.24, 2.45) is 5.92 Å². The Bertz CT molecular complexity index is 258. The van der Waals surface area contributed by atoms with E-state index in [9.17, 15) is 9.59 Å². The fraction of sp³-hybridized carbons (Fsp3) is 0.818. The molecule has 0 aromatic rings. The first-order valence-electron chi connectivity index (χ1n) is 5.73. The van der Waals surface area contributed by atoms with Crippen LogP contribution in [0.4, 0.5) is 0 Å². The van der Waals surface area contributed by atoms with Crippen LogP contribution in [0, 0.1) is 5.92 Å². The number of hydrogen-bond donors (Lipinski definition) is 2. The van der Waals surface area contributed by atoms with Gasteiger partial charge in [0.25, 0.3) is 0 Å². The molecule has 0 unspecified atom stereocenters. The summed E-state index contributed by atoms with van der Waals surface area (Å²) in [5, 5.41) is 11.7. The van der Waals surface area contributed by atoms with Gasteiger partial charge in [0.15, 0.2) is 0 Å². The van der Waals surface area contributed by atoms with Crippen LogP contribution in [-0.2, 0) is 9.59 Å². The molecule has 1 fully saturated rings. The van der Waals surface area contributed by atoms with Crippen molar-refractivity contribution >= 4 is 11.9 Å². The van der Waals surface area contributed by atoms with Crippen LogP contribution in [0.2, 0.25) is 0 Å². The second-order valence-corrected chi connectivity index (χ2v) is 4.61. The summed E-state index contributed by atoms with van der Waals surface area (Å²) >= 11 is 0. The molecule has 1 saturated heterocycles. The van der Waals surface area contributed by atoms with Crippen molar-refractivity contribution in [2.45, 2.75) is 32.7 Å². The van der Waals surface area contributed by atoms with E-state index < -0.39 is 5.97 Å². The Morgan fingerprint density at radius 1 is 1.38 bits per heavy atom. The van der Waals surface area contributed by atoms with E-state index in [-0.39, 0.29) is 17.9 Å². The van der Waals surface area contributed by atoms with E-state index in [0.717, 1.165) is 0 Å². The number of carbonyl (C=O) groups excluding carboxylic acids is 1. The maximum atomic E-state index is 11.5. The molecule has 5 nitrogen and oxygen atoms in total. The normalized spacial score (nSPS) is 18.7. The van der Waals surface area contributed by atoms with Gasteiger partial charge in [-0.1, -0.05) is 0 Å². The highest BCUT2D eigenvalue weighted by Crippen LogP contribution is 2.16. The molecule has 0 radical (unpaired) electrons. The zero-order valence-electron chi connectivity index (χ0n) is 9.90. The molecule has 0 aliphatic carbocycles. The smallest absolute Gasteiger partial charge is 0.306 e. The second kappa shape index (κ2) is 5.84. The second-order valence-electron chi connectivity index (χ2n) is 4.61. The molecule has 1 rings (SSSR count). The van der Waals surface area contributed by atoms with Crippen molar-refractivity contribution in [3.05, 3.63) is 0 Å². The van der Waals surface area contributed by atoms with Gasteiger partial charge in [0.05, 0.1) is 12.5 Å². The zero-order valence-corrected chi connectivity index (χ0v) is 9.90. The van der Waals surface area contributed by atoms with Crippen molar-refractivity contribution < 1.29 is 14.7 Å². The molecule has 1 amide bonds. The summed E-state index contributed by atoms with van der Waals surface area (Å²) in [6.07, 6.45) is 1.29. The molecule has 92 valence electrons. The minimum absolute atomic E-state index is 0.0174. The van der Waals surface area contributed by atoms with Gasteiger partial charge in [-0.15, -0.1) is 0 Å². The largest absolute Gasteiger partial charge is 0.481 e. The Kier molecular flexibility index (Phi) is 4.73. The lowest BCUT2D eigenvalue weighted by atomic mass is 9.97. The molecule has 1 aliphatic rings. The van der Waals surface area contributed by atoms with Gasteiger partial charge < -0.3 is 10.4 Å². The van der Waals surface area contributed by atoms with Crippen molar-refractivity contribution in [3.8, 4) is 0 Å². The molecule has 1 heterocycles. The third-order valence-electron chi connectivity index (χ3n) is 2.75. The highest BCUT2D eigenvalue weighted by molar-refractivity contribution is 5.78. The maximum Gasteiger partial charge on any atom is 0.306 e. The minimum Gasteiger partial charge on any atom is -0.481 e. The molecule has 0 spiro atoms. The van der Waals surface area contributed by atoms with Gasteiger partial charge in [0.2, 0.25) is 5.91 Å². The lowest BCUT2D eigenvalue weighted by Gasteiger charge is -2.29. The maximum absolute atomic E-state index is 11.5. The summed E-state index contributed by atoms with van der Waals surface area (Å²) in [4.78, 5) is 24.2. The monoisotopic (exact) mass is 228 g/mol. The molecular weight excluding hydrogens is 208 g/mol. The zero-order chi connectivity index (χ0) is 12.1. The summed E-state index contributed by atoms with van der Waals surface area (Å²) in [5.41, 5.74) is 0. The molecule has 5 heteroatoms. The summed E-state index contributed by atoms with van der Waals surface area (Å²) < 4.78 is 0. The van der Waals surface area contributed by atoms with Gasteiger partial charge in [0, 0.05) is 6.04 Å². The number of carbonyl (C=O) groups is 2. The Morgan fingerprint density at radius 2 is 1.94 bits per heavy atom. The van der Waals surface area contributed by atoms with Crippen molar-refractivity contribution in [1.29, 1.82) is 0 Å². The number of carboxylic acids is 1. The van der Waals surface area contributed by atoms with Crippen LogP contribution in [0.5, 0.6) is 0 Å². The topological polar surface area (TPSA) is 69.6 Å². The van der Waals surface area contributed by atoms with Crippen LogP contribution >= 0.6 is 0 Å². The first-order valence-corrected chi connectivity index (χ1v) is 5.73. The highest BCUT2D eigenvalue weighted by Gasteiger charge is 2.25. The third kappa shape index (κ3) is 4.18. The Labute approximate surface area is 95.8 Å². The van der Waals surface area contributed by atoms with E-state index in [1.165, 1.54) is 0 Å². The number of nitrogens with zero attached hydrogens (tertiary/aromatic N) is 1. The van der Waals surface area contributed by atoms with E-state index in [0.29, 0.717) is 32.5 Å². The number of aliphatic carboxylic acids is 1. The van der Waals surface area contributed by atoms with E-state index in [1.807, 2.05) is 18.7 Å². The summed E-state index contributed by atoms with van der Waals surface area (Å²) in [7, 11) is 0. The number of likely N-dealkylation sites (tertiary alicyclic amines) is 1. The first kappa shape index (κ1) is 13.0. The van der Waals surface area contributed by atoms with Crippen molar-refractivity contribution in [1.82, 2.24) is 10.2 Å². The molecule has 16 heavy (non-hydrogen) atoms. The summed E-state index contributed by atoms with van der Waals surface area (Å²) in [6.45, 7) is 5.62.